The number of hydrogen-bond acceptors (Lipinski definition) is 2. The Hall–Kier alpha value is -4.37. The average Bonchev–Trinajstić information content (AvgIpc) is 3.32. The monoisotopic (exact) mass is 471 g/mol. The van der Waals surface area contributed by atoms with Gasteiger partial charge in [-0.15, -0.1) is 0 Å². The Morgan fingerprint density at radius 1 is 0.694 bits per heavy atom. The van der Waals surface area contributed by atoms with Crippen molar-refractivity contribution in [3.63, 3.8) is 0 Å². The van der Waals surface area contributed by atoms with Crippen LogP contribution in [0.4, 0.5) is 0 Å². The molecule has 1 N–H and O–H groups in total. The summed E-state index contributed by atoms with van der Waals surface area (Å²) in [6, 6.07) is 37.5. The Labute approximate surface area is 212 Å². The molecule has 5 aromatic rings. The van der Waals surface area contributed by atoms with Crippen molar-refractivity contribution in [1.29, 1.82) is 0 Å². The van der Waals surface area contributed by atoms with Crippen molar-refractivity contribution in [1.82, 2.24) is 4.98 Å². The smallest absolute Gasteiger partial charge is 0.167 e. The van der Waals surface area contributed by atoms with Crippen molar-refractivity contribution in [3.8, 4) is 50.5 Å². The van der Waals surface area contributed by atoms with E-state index in [0.717, 1.165) is 40.1 Å². The summed E-state index contributed by atoms with van der Waals surface area (Å²) >= 11 is 0. The Morgan fingerprint density at radius 2 is 1.31 bits per heavy atom. The Morgan fingerprint density at radius 3 is 1.97 bits per heavy atom. The van der Waals surface area contributed by atoms with Gasteiger partial charge in [0.2, 0.25) is 0 Å². The topological polar surface area (TPSA) is 42.1 Å². The Bertz CT molecular complexity index is 1480. The minimum atomic E-state index is 0.00154. The van der Waals surface area contributed by atoms with Crippen LogP contribution in [0.15, 0.2) is 109 Å². The zero-order valence-corrected chi connectivity index (χ0v) is 20.6. The molecule has 4 aromatic carbocycles. The van der Waals surface area contributed by atoms with Gasteiger partial charge in [0.25, 0.3) is 0 Å². The summed E-state index contributed by atoms with van der Waals surface area (Å²) < 4.78 is 5.70. The van der Waals surface area contributed by atoms with E-state index in [4.69, 9.17) is 4.74 Å². The summed E-state index contributed by atoms with van der Waals surface area (Å²) in [5, 5.41) is 0. The molecule has 3 heteroatoms. The molecule has 5 rings (SSSR count). The van der Waals surface area contributed by atoms with E-state index in [1.54, 1.807) is 0 Å². The van der Waals surface area contributed by atoms with Crippen LogP contribution in [0.1, 0.15) is 19.4 Å². The molecule has 3 nitrogen and oxygen atoms in total. The molecule has 0 saturated heterocycles. The standard InChI is InChI=1S/C33H29NO2/c1-3-28-31(24-13-6-4-7-14-24)32(25-15-8-5-9-16-25)34-33(28)30-20-11-10-19-29(30)26-17-12-18-27(21-26)36-22-23(2)35/h4-21,34H,3,22H2,1-2H3. The molecule has 0 fully saturated rings. The molecule has 0 unspecified atom stereocenters. The van der Waals surface area contributed by atoms with Crippen LogP contribution in [-0.4, -0.2) is 17.4 Å². The van der Waals surface area contributed by atoms with Gasteiger partial charge in [0.15, 0.2) is 5.78 Å². The summed E-state index contributed by atoms with van der Waals surface area (Å²) in [6.07, 6.45) is 0.888. The molecule has 0 radical (unpaired) electrons. The minimum Gasteiger partial charge on any atom is -0.486 e. The maximum absolute atomic E-state index is 11.4. The van der Waals surface area contributed by atoms with Gasteiger partial charge in [-0.05, 0) is 53.3 Å². The quantitative estimate of drug-likeness (QED) is 0.248. The number of ether oxygens (including phenoxy) is 1. The summed E-state index contributed by atoms with van der Waals surface area (Å²) in [4.78, 5) is 15.2. The molecule has 178 valence electrons. The lowest BCUT2D eigenvalue weighted by Gasteiger charge is -2.13. The van der Waals surface area contributed by atoms with Crippen molar-refractivity contribution < 1.29 is 9.53 Å². The lowest BCUT2D eigenvalue weighted by Crippen LogP contribution is -2.06. The van der Waals surface area contributed by atoms with Gasteiger partial charge < -0.3 is 9.72 Å². The number of benzene rings is 4. The lowest BCUT2D eigenvalue weighted by atomic mass is 9.91. The van der Waals surface area contributed by atoms with E-state index in [9.17, 15) is 4.79 Å². The van der Waals surface area contributed by atoms with Crippen LogP contribution in [0.2, 0.25) is 0 Å². The van der Waals surface area contributed by atoms with Crippen LogP contribution in [0.25, 0.3) is 44.8 Å². The molecule has 0 spiro atoms. The Balaban J connectivity index is 1.70. The highest BCUT2D eigenvalue weighted by Gasteiger charge is 2.21. The van der Waals surface area contributed by atoms with E-state index in [0.29, 0.717) is 5.75 Å². The zero-order valence-electron chi connectivity index (χ0n) is 20.6. The third-order valence-corrected chi connectivity index (χ3v) is 6.37. The van der Waals surface area contributed by atoms with E-state index in [1.165, 1.54) is 23.6 Å². The number of Topliss-reactive ketones (excluding diaryl/α,β-unsaturated/α-hetero) is 1. The number of rotatable bonds is 8. The molecule has 0 saturated carbocycles. The number of aromatic nitrogens is 1. The van der Waals surface area contributed by atoms with Crippen molar-refractivity contribution in [3.05, 3.63) is 115 Å². The van der Waals surface area contributed by atoms with Crippen LogP contribution in [0.3, 0.4) is 0 Å². The number of nitrogens with one attached hydrogen (secondary N) is 1. The van der Waals surface area contributed by atoms with E-state index in [1.807, 2.05) is 24.3 Å². The fourth-order valence-corrected chi connectivity index (χ4v) is 4.76. The van der Waals surface area contributed by atoms with Crippen molar-refractivity contribution in [2.75, 3.05) is 6.61 Å². The lowest BCUT2D eigenvalue weighted by molar-refractivity contribution is -0.118. The van der Waals surface area contributed by atoms with Crippen molar-refractivity contribution in [2.45, 2.75) is 20.3 Å². The number of ketones is 1. The SMILES string of the molecule is CCc1c(-c2ccccc2-c2cccc(OCC(C)=O)c2)[nH]c(-c2ccccc2)c1-c1ccccc1. The molecular formula is C33H29NO2. The molecule has 1 heterocycles. The highest BCUT2D eigenvalue weighted by Crippen LogP contribution is 2.43. The minimum absolute atomic E-state index is 0.00154. The van der Waals surface area contributed by atoms with Crippen LogP contribution >= 0.6 is 0 Å². The second-order valence-corrected chi connectivity index (χ2v) is 8.88. The van der Waals surface area contributed by atoms with Gasteiger partial charge >= 0.3 is 0 Å². The number of carbonyl (C=O) groups excluding carboxylic acids is 1. The number of aromatic amines is 1. The van der Waals surface area contributed by atoms with E-state index < -0.39 is 0 Å². The van der Waals surface area contributed by atoms with Gasteiger partial charge in [-0.3, -0.25) is 4.79 Å². The van der Waals surface area contributed by atoms with Gasteiger partial charge in [-0.1, -0.05) is 104 Å². The fraction of sp³-hybridized carbons (Fsp3) is 0.121. The maximum atomic E-state index is 11.4. The molecule has 36 heavy (non-hydrogen) atoms. The van der Waals surface area contributed by atoms with Gasteiger partial charge in [0, 0.05) is 11.1 Å². The van der Waals surface area contributed by atoms with Gasteiger partial charge in [-0.2, -0.15) is 0 Å². The first-order chi connectivity index (χ1) is 17.7. The molecule has 0 aliphatic rings. The second kappa shape index (κ2) is 10.5. The summed E-state index contributed by atoms with van der Waals surface area (Å²) in [5.74, 6) is 0.691. The van der Waals surface area contributed by atoms with Gasteiger partial charge in [-0.25, -0.2) is 0 Å². The highest BCUT2D eigenvalue weighted by atomic mass is 16.5. The summed E-state index contributed by atoms with van der Waals surface area (Å²) in [7, 11) is 0. The van der Waals surface area contributed by atoms with Crippen molar-refractivity contribution >= 4 is 5.78 Å². The fourth-order valence-electron chi connectivity index (χ4n) is 4.76. The summed E-state index contributed by atoms with van der Waals surface area (Å²) in [5.41, 5.74) is 10.4. The maximum Gasteiger partial charge on any atom is 0.167 e. The molecule has 0 atom stereocenters. The first-order valence-electron chi connectivity index (χ1n) is 12.3. The summed E-state index contributed by atoms with van der Waals surface area (Å²) in [6.45, 7) is 3.82. The molecule has 0 aliphatic carbocycles. The van der Waals surface area contributed by atoms with Gasteiger partial charge in [0.05, 0.1) is 11.4 Å². The van der Waals surface area contributed by atoms with Crippen LogP contribution in [0.5, 0.6) is 5.75 Å². The van der Waals surface area contributed by atoms with Crippen LogP contribution in [0, 0.1) is 0 Å². The van der Waals surface area contributed by atoms with E-state index >= 15 is 0 Å². The molecule has 0 amide bonds. The van der Waals surface area contributed by atoms with Crippen LogP contribution in [-0.2, 0) is 11.2 Å². The van der Waals surface area contributed by atoms with Crippen LogP contribution < -0.4 is 4.74 Å². The number of H-pyrrole nitrogens is 1. The Kier molecular flexibility index (Phi) is 6.81. The number of carbonyl (C=O) groups is 1. The predicted octanol–water partition coefficient (Wildman–Crippen LogP) is 8.21. The molecule has 1 aromatic heterocycles. The zero-order chi connectivity index (χ0) is 24.9. The molecular weight excluding hydrogens is 442 g/mol. The predicted molar refractivity (Wildman–Crippen MR) is 148 cm³/mol. The normalized spacial score (nSPS) is 10.8. The third kappa shape index (κ3) is 4.73. The number of hydrogen-bond donors (Lipinski definition) is 1. The van der Waals surface area contributed by atoms with Gasteiger partial charge in [0.1, 0.15) is 12.4 Å². The van der Waals surface area contributed by atoms with E-state index in [2.05, 4.69) is 96.8 Å². The molecule has 0 bridgehead atoms. The van der Waals surface area contributed by atoms with Crippen molar-refractivity contribution in [2.24, 2.45) is 0 Å². The third-order valence-electron chi connectivity index (χ3n) is 6.37. The molecule has 0 aliphatic heterocycles. The first kappa shape index (κ1) is 23.4. The largest absolute Gasteiger partial charge is 0.486 e. The van der Waals surface area contributed by atoms with E-state index in [-0.39, 0.29) is 12.4 Å². The highest BCUT2D eigenvalue weighted by molar-refractivity contribution is 5.93. The average molecular weight is 472 g/mol. The first-order valence-corrected chi connectivity index (χ1v) is 12.3. The second-order valence-electron chi connectivity index (χ2n) is 8.88.